The van der Waals surface area contributed by atoms with Crippen molar-refractivity contribution in [3.63, 3.8) is 0 Å². The van der Waals surface area contributed by atoms with Crippen LogP contribution in [0.4, 0.5) is 0 Å². The summed E-state index contributed by atoms with van der Waals surface area (Å²) in [7, 11) is -1.80. The van der Waals surface area contributed by atoms with Gasteiger partial charge in [-0.05, 0) is 42.9 Å². The molecule has 0 aromatic heterocycles. The Morgan fingerprint density at radius 3 is 2.67 bits per heavy atom. The van der Waals surface area contributed by atoms with Gasteiger partial charge in [-0.3, -0.25) is 0 Å². The molecule has 0 aliphatic heterocycles. The summed E-state index contributed by atoms with van der Waals surface area (Å²) < 4.78 is 34.1. The third kappa shape index (κ3) is 4.43. The van der Waals surface area contributed by atoms with Gasteiger partial charge in [-0.1, -0.05) is 19.1 Å². The molecule has 1 aliphatic carbocycles. The van der Waals surface area contributed by atoms with Crippen LogP contribution < -0.4 is 9.46 Å². The molecule has 1 N–H and O–H groups in total. The Kier molecular flexibility index (Phi) is 5.24. The number of ether oxygens (including phenoxy) is 1. The highest BCUT2D eigenvalue weighted by Gasteiger charge is 2.29. The molecule has 1 fully saturated rings. The maximum absolute atomic E-state index is 12.3. The van der Waals surface area contributed by atoms with E-state index in [2.05, 4.69) is 4.72 Å². The predicted molar refractivity (Wildman–Crippen MR) is 83.5 cm³/mol. The van der Waals surface area contributed by atoms with Crippen LogP contribution in [0.15, 0.2) is 18.2 Å². The van der Waals surface area contributed by atoms with E-state index in [1.165, 1.54) is 4.31 Å². The van der Waals surface area contributed by atoms with E-state index in [1.54, 1.807) is 7.11 Å². The molecule has 6 heteroatoms. The zero-order valence-electron chi connectivity index (χ0n) is 12.9. The Bertz CT molecular complexity index is 583. The van der Waals surface area contributed by atoms with Gasteiger partial charge in [0.2, 0.25) is 0 Å². The molecule has 1 aromatic carbocycles. The van der Waals surface area contributed by atoms with Crippen molar-refractivity contribution >= 4 is 10.2 Å². The van der Waals surface area contributed by atoms with Crippen molar-refractivity contribution < 1.29 is 13.2 Å². The molecule has 21 heavy (non-hydrogen) atoms. The molecule has 1 saturated carbocycles. The smallest absolute Gasteiger partial charge is 0.279 e. The van der Waals surface area contributed by atoms with E-state index in [0.29, 0.717) is 19.0 Å². The van der Waals surface area contributed by atoms with E-state index in [9.17, 15) is 8.42 Å². The van der Waals surface area contributed by atoms with E-state index >= 15 is 0 Å². The van der Waals surface area contributed by atoms with Gasteiger partial charge >= 0.3 is 0 Å². The average molecular weight is 312 g/mol. The fourth-order valence-electron chi connectivity index (χ4n) is 2.23. The minimum absolute atomic E-state index is 0.278. The molecule has 5 nitrogen and oxygen atoms in total. The lowest BCUT2D eigenvalue weighted by Gasteiger charge is -2.20. The van der Waals surface area contributed by atoms with Crippen LogP contribution in [-0.2, 0) is 16.8 Å². The summed E-state index contributed by atoms with van der Waals surface area (Å²) in [5.41, 5.74) is 1.93. The van der Waals surface area contributed by atoms with Gasteiger partial charge in [0.05, 0.1) is 7.11 Å². The molecule has 0 radical (unpaired) electrons. The minimum atomic E-state index is -3.41. The molecular formula is C15H24N2O3S. The third-order valence-electron chi connectivity index (χ3n) is 3.78. The molecule has 0 bridgehead atoms. The summed E-state index contributed by atoms with van der Waals surface area (Å²) in [6.45, 7) is 5.24. The molecule has 0 atom stereocenters. The quantitative estimate of drug-likeness (QED) is 0.799. The minimum Gasteiger partial charge on any atom is -0.496 e. The van der Waals surface area contributed by atoms with Crippen LogP contribution in [0.25, 0.3) is 0 Å². The first-order valence-electron chi connectivity index (χ1n) is 7.34. The number of nitrogens with one attached hydrogen (secondary N) is 1. The Hall–Kier alpha value is -1.11. The molecule has 0 unspecified atom stereocenters. The zero-order chi connectivity index (χ0) is 15.5. The SMILES string of the molecule is CCN(CC1CC1)S(=O)(=O)NCc1ccc(C)c(OC)c1. The van der Waals surface area contributed by atoms with Gasteiger partial charge in [0.1, 0.15) is 5.75 Å². The lowest BCUT2D eigenvalue weighted by Crippen LogP contribution is -2.41. The second-order valence-corrected chi connectivity index (χ2v) is 7.28. The molecule has 1 aliphatic rings. The number of benzene rings is 1. The first-order valence-corrected chi connectivity index (χ1v) is 8.78. The van der Waals surface area contributed by atoms with Gasteiger partial charge < -0.3 is 4.74 Å². The molecule has 1 aromatic rings. The number of methoxy groups -OCH3 is 1. The normalized spacial score (nSPS) is 15.4. The Morgan fingerprint density at radius 2 is 2.10 bits per heavy atom. The number of nitrogens with zero attached hydrogens (tertiary/aromatic N) is 1. The second kappa shape index (κ2) is 6.77. The fraction of sp³-hybridized carbons (Fsp3) is 0.600. The molecule has 0 amide bonds. The zero-order valence-corrected chi connectivity index (χ0v) is 13.7. The van der Waals surface area contributed by atoms with Crippen molar-refractivity contribution in [1.82, 2.24) is 9.03 Å². The lowest BCUT2D eigenvalue weighted by molar-refractivity contribution is 0.403. The van der Waals surface area contributed by atoms with Crippen molar-refractivity contribution in [1.29, 1.82) is 0 Å². The number of hydrogen-bond acceptors (Lipinski definition) is 3. The lowest BCUT2D eigenvalue weighted by atomic mass is 10.1. The Morgan fingerprint density at radius 1 is 1.38 bits per heavy atom. The summed E-state index contributed by atoms with van der Waals surface area (Å²) in [5, 5.41) is 0. The highest BCUT2D eigenvalue weighted by molar-refractivity contribution is 7.87. The standard InChI is InChI=1S/C15H24N2O3S/c1-4-17(11-13-7-8-13)21(18,19)16-10-14-6-5-12(2)15(9-14)20-3/h5-6,9,13,16H,4,7-8,10-11H2,1-3H3. The van der Waals surface area contributed by atoms with E-state index < -0.39 is 10.2 Å². The van der Waals surface area contributed by atoms with Crippen molar-refractivity contribution in [2.45, 2.75) is 33.2 Å². The first kappa shape index (κ1) is 16.3. The summed E-state index contributed by atoms with van der Waals surface area (Å²) in [6, 6.07) is 5.72. The van der Waals surface area contributed by atoms with E-state index in [4.69, 9.17) is 4.74 Å². The molecule has 2 rings (SSSR count). The Balaban J connectivity index is 1.99. The van der Waals surface area contributed by atoms with E-state index in [0.717, 1.165) is 29.7 Å². The van der Waals surface area contributed by atoms with Crippen LogP contribution in [0.1, 0.15) is 30.9 Å². The summed E-state index contributed by atoms with van der Waals surface area (Å²) >= 11 is 0. The van der Waals surface area contributed by atoms with Crippen LogP contribution in [0.5, 0.6) is 5.75 Å². The van der Waals surface area contributed by atoms with Crippen molar-refractivity contribution in [2.24, 2.45) is 5.92 Å². The largest absolute Gasteiger partial charge is 0.496 e. The fourth-order valence-corrected chi connectivity index (χ4v) is 3.50. The van der Waals surface area contributed by atoms with Gasteiger partial charge in [0.25, 0.3) is 10.2 Å². The van der Waals surface area contributed by atoms with Gasteiger partial charge in [-0.2, -0.15) is 17.4 Å². The van der Waals surface area contributed by atoms with Crippen molar-refractivity contribution in [2.75, 3.05) is 20.2 Å². The first-order chi connectivity index (χ1) is 9.96. The van der Waals surface area contributed by atoms with Crippen molar-refractivity contribution in [3.05, 3.63) is 29.3 Å². The van der Waals surface area contributed by atoms with Gasteiger partial charge in [0.15, 0.2) is 0 Å². The van der Waals surface area contributed by atoms with Crippen LogP contribution in [0, 0.1) is 12.8 Å². The third-order valence-corrected chi connectivity index (χ3v) is 5.38. The average Bonchev–Trinajstić information content (AvgIpc) is 3.27. The maximum Gasteiger partial charge on any atom is 0.279 e. The van der Waals surface area contributed by atoms with Gasteiger partial charge in [0, 0.05) is 19.6 Å². The predicted octanol–water partition coefficient (Wildman–Crippen LogP) is 2.07. The molecule has 0 saturated heterocycles. The van der Waals surface area contributed by atoms with Gasteiger partial charge in [-0.25, -0.2) is 0 Å². The summed E-state index contributed by atoms with van der Waals surface area (Å²) in [4.78, 5) is 0. The molecule has 0 spiro atoms. The molecule has 0 heterocycles. The van der Waals surface area contributed by atoms with Crippen molar-refractivity contribution in [3.8, 4) is 5.75 Å². The van der Waals surface area contributed by atoms with Crippen LogP contribution in [0.2, 0.25) is 0 Å². The van der Waals surface area contributed by atoms with Gasteiger partial charge in [-0.15, -0.1) is 0 Å². The highest BCUT2D eigenvalue weighted by Crippen LogP contribution is 2.30. The topological polar surface area (TPSA) is 58.6 Å². The summed E-state index contributed by atoms with van der Waals surface area (Å²) in [5.74, 6) is 1.32. The second-order valence-electron chi connectivity index (χ2n) is 5.52. The van der Waals surface area contributed by atoms with E-state index in [1.807, 2.05) is 32.0 Å². The molecular weight excluding hydrogens is 288 g/mol. The number of aryl methyl sites for hydroxylation is 1. The van der Waals surface area contributed by atoms with Crippen LogP contribution >= 0.6 is 0 Å². The molecule has 118 valence electrons. The number of hydrogen-bond donors (Lipinski definition) is 1. The van der Waals surface area contributed by atoms with Crippen LogP contribution in [-0.4, -0.2) is 32.9 Å². The maximum atomic E-state index is 12.3. The number of rotatable bonds is 8. The monoisotopic (exact) mass is 312 g/mol. The van der Waals surface area contributed by atoms with Crippen LogP contribution in [0.3, 0.4) is 0 Å². The van der Waals surface area contributed by atoms with E-state index in [-0.39, 0.29) is 6.54 Å². The Labute approximate surface area is 127 Å². The summed E-state index contributed by atoms with van der Waals surface area (Å²) in [6.07, 6.45) is 2.28. The highest BCUT2D eigenvalue weighted by atomic mass is 32.2.